The first-order chi connectivity index (χ1) is 7.34. The second-order valence-corrected chi connectivity index (χ2v) is 3.78. The number of carboxylic acids is 1. The molecule has 16 heavy (non-hydrogen) atoms. The van der Waals surface area contributed by atoms with Crippen molar-refractivity contribution in [3.63, 3.8) is 0 Å². The van der Waals surface area contributed by atoms with Gasteiger partial charge in [0.1, 0.15) is 11.3 Å². The van der Waals surface area contributed by atoms with Crippen LogP contribution in [0.1, 0.15) is 28.4 Å². The average Bonchev–Trinajstić information content (AvgIpc) is 2.12. The largest absolute Gasteiger partial charge is 0.478 e. The Bertz CT molecular complexity index is 466. The van der Waals surface area contributed by atoms with Gasteiger partial charge in [-0.05, 0) is 31.0 Å². The number of hydrogen-bond donors (Lipinski definition) is 1. The van der Waals surface area contributed by atoms with Gasteiger partial charge in [-0.2, -0.15) is 0 Å². The number of esters is 1. The van der Waals surface area contributed by atoms with Crippen molar-refractivity contribution in [2.45, 2.75) is 20.8 Å². The summed E-state index contributed by atoms with van der Waals surface area (Å²) in [6.45, 7) is 4.50. The summed E-state index contributed by atoms with van der Waals surface area (Å²) in [5.74, 6) is -1.71. The van der Waals surface area contributed by atoms with Crippen molar-refractivity contribution in [3.8, 4) is 5.75 Å². The van der Waals surface area contributed by atoms with Crippen LogP contribution in [-0.4, -0.2) is 17.0 Å². The Labute approximate surface area is 97.8 Å². The number of rotatable bonds is 2. The highest BCUT2D eigenvalue weighted by Gasteiger charge is 2.19. The van der Waals surface area contributed by atoms with Gasteiger partial charge < -0.3 is 9.84 Å². The molecule has 1 aromatic carbocycles. The second-order valence-electron chi connectivity index (χ2n) is 3.40. The molecule has 1 aromatic rings. The van der Waals surface area contributed by atoms with Gasteiger partial charge in [-0.1, -0.05) is 11.6 Å². The summed E-state index contributed by atoms with van der Waals surface area (Å²) in [6, 6.07) is 1.44. The molecule has 0 saturated heterocycles. The first kappa shape index (κ1) is 12.5. The number of ether oxygens (including phenoxy) is 1. The van der Waals surface area contributed by atoms with Crippen molar-refractivity contribution in [1.82, 2.24) is 0 Å². The quantitative estimate of drug-likeness (QED) is 0.640. The zero-order valence-corrected chi connectivity index (χ0v) is 9.88. The van der Waals surface area contributed by atoms with Gasteiger partial charge in [0.25, 0.3) is 0 Å². The molecule has 0 radical (unpaired) electrons. The van der Waals surface area contributed by atoms with Gasteiger partial charge in [0.2, 0.25) is 0 Å². The molecule has 0 spiro atoms. The Morgan fingerprint density at radius 1 is 1.38 bits per heavy atom. The van der Waals surface area contributed by atoms with E-state index in [1.807, 2.05) is 0 Å². The van der Waals surface area contributed by atoms with Crippen LogP contribution in [0.25, 0.3) is 0 Å². The standard InChI is InChI=1S/C11H11ClO4/c1-5-4-8(16-7(3)13)9(11(14)15)6(2)10(5)12/h4H,1-3H3,(H,14,15). The highest BCUT2D eigenvalue weighted by atomic mass is 35.5. The molecule has 0 aromatic heterocycles. The zero-order chi connectivity index (χ0) is 12.5. The summed E-state index contributed by atoms with van der Waals surface area (Å²) >= 11 is 5.93. The van der Waals surface area contributed by atoms with Crippen LogP contribution in [0.3, 0.4) is 0 Å². The molecule has 0 heterocycles. The van der Waals surface area contributed by atoms with Crippen LogP contribution in [0.5, 0.6) is 5.75 Å². The molecule has 0 fully saturated rings. The molecule has 0 aliphatic rings. The van der Waals surface area contributed by atoms with E-state index in [1.165, 1.54) is 13.0 Å². The monoisotopic (exact) mass is 242 g/mol. The van der Waals surface area contributed by atoms with Crippen LogP contribution in [0.2, 0.25) is 5.02 Å². The highest BCUT2D eigenvalue weighted by Crippen LogP contribution is 2.31. The minimum atomic E-state index is -1.17. The summed E-state index contributed by atoms with van der Waals surface area (Å²) in [6.07, 6.45) is 0. The first-order valence-corrected chi connectivity index (χ1v) is 4.93. The van der Waals surface area contributed by atoms with Crippen LogP contribution in [0.4, 0.5) is 0 Å². The third-order valence-electron chi connectivity index (χ3n) is 2.11. The Balaban J connectivity index is 3.46. The van der Waals surface area contributed by atoms with E-state index in [2.05, 4.69) is 0 Å². The number of aryl methyl sites for hydroxylation is 1. The van der Waals surface area contributed by atoms with Crippen molar-refractivity contribution >= 4 is 23.5 Å². The van der Waals surface area contributed by atoms with E-state index in [1.54, 1.807) is 13.8 Å². The highest BCUT2D eigenvalue weighted by molar-refractivity contribution is 6.32. The van der Waals surface area contributed by atoms with Crippen molar-refractivity contribution in [3.05, 3.63) is 27.8 Å². The smallest absolute Gasteiger partial charge is 0.339 e. The second kappa shape index (κ2) is 4.53. The fourth-order valence-electron chi connectivity index (χ4n) is 1.42. The SMILES string of the molecule is CC(=O)Oc1cc(C)c(Cl)c(C)c1C(=O)O. The van der Waals surface area contributed by atoms with Crippen LogP contribution < -0.4 is 4.74 Å². The number of halogens is 1. The van der Waals surface area contributed by atoms with E-state index in [4.69, 9.17) is 21.4 Å². The molecular weight excluding hydrogens is 232 g/mol. The third kappa shape index (κ3) is 2.33. The van der Waals surface area contributed by atoms with Gasteiger partial charge in [-0.15, -0.1) is 0 Å². The van der Waals surface area contributed by atoms with Crippen LogP contribution in [0, 0.1) is 13.8 Å². The molecule has 0 unspecified atom stereocenters. The van der Waals surface area contributed by atoms with Gasteiger partial charge >= 0.3 is 11.9 Å². The van der Waals surface area contributed by atoms with Gasteiger partial charge in [0.05, 0.1) is 0 Å². The number of carbonyl (C=O) groups is 2. The average molecular weight is 243 g/mol. The number of hydrogen-bond acceptors (Lipinski definition) is 3. The summed E-state index contributed by atoms with van der Waals surface area (Å²) in [4.78, 5) is 21.9. The lowest BCUT2D eigenvalue weighted by Gasteiger charge is -2.12. The minimum absolute atomic E-state index is 0.0272. The number of carboxylic acid groups (broad SMARTS) is 1. The van der Waals surface area contributed by atoms with Gasteiger partial charge in [-0.25, -0.2) is 4.79 Å². The molecule has 5 heteroatoms. The summed E-state index contributed by atoms with van der Waals surface area (Å²) < 4.78 is 4.84. The summed E-state index contributed by atoms with van der Waals surface area (Å²) in [7, 11) is 0. The minimum Gasteiger partial charge on any atom is -0.478 e. The van der Waals surface area contributed by atoms with E-state index in [0.29, 0.717) is 16.1 Å². The number of carbonyl (C=O) groups excluding carboxylic acids is 1. The number of aromatic carboxylic acids is 1. The van der Waals surface area contributed by atoms with E-state index >= 15 is 0 Å². The lowest BCUT2D eigenvalue weighted by Crippen LogP contribution is -2.10. The zero-order valence-electron chi connectivity index (χ0n) is 9.13. The predicted molar refractivity (Wildman–Crippen MR) is 59.2 cm³/mol. The Hall–Kier alpha value is -1.55. The van der Waals surface area contributed by atoms with Crippen LogP contribution >= 0.6 is 11.6 Å². The molecule has 0 amide bonds. The molecular formula is C11H11ClO4. The van der Waals surface area contributed by atoms with Gasteiger partial charge in [-0.3, -0.25) is 4.79 Å². The molecule has 0 saturated carbocycles. The lowest BCUT2D eigenvalue weighted by atomic mass is 10.0. The first-order valence-electron chi connectivity index (χ1n) is 4.56. The van der Waals surface area contributed by atoms with Crippen LogP contribution in [0.15, 0.2) is 6.07 Å². The van der Waals surface area contributed by atoms with Crippen molar-refractivity contribution in [1.29, 1.82) is 0 Å². The normalized spacial score (nSPS) is 10.0. The van der Waals surface area contributed by atoms with Gasteiger partial charge in [0.15, 0.2) is 0 Å². The Morgan fingerprint density at radius 3 is 2.38 bits per heavy atom. The van der Waals surface area contributed by atoms with E-state index in [9.17, 15) is 9.59 Å². The van der Waals surface area contributed by atoms with Crippen molar-refractivity contribution in [2.75, 3.05) is 0 Å². The molecule has 0 aliphatic carbocycles. The van der Waals surface area contributed by atoms with E-state index in [0.717, 1.165) is 0 Å². The summed E-state index contributed by atoms with van der Waals surface area (Å²) in [5, 5.41) is 9.39. The van der Waals surface area contributed by atoms with Crippen molar-refractivity contribution < 1.29 is 19.4 Å². The molecule has 86 valence electrons. The lowest BCUT2D eigenvalue weighted by molar-refractivity contribution is -0.131. The van der Waals surface area contributed by atoms with E-state index in [-0.39, 0.29) is 11.3 Å². The molecule has 4 nitrogen and oxygen atoms in total. The van der Waals surface area contributed by atoms with E-state index < -0.39 is 11.9 Å². The maximum atomic E-state index is 11.0. The summed E-state index contributed by atoms with van der Waals surface area (Å²) in [5.41, 5.74) is 0.983. The predicted octanol–water partition coefficient (Wildman–Crippen LogP) is 2.58. The maximum Gasteiger partial charge on any atom is 0.339 e. The number of benzene rings is 1. The fourth-order valence-corrected chi connectivity index (χ4v) is 1.57. The molecule has 0 atom stereocenters. The van der Waals surface area contributed by atoms with Crippen LogP contribution in [-0.2, 0) is 4.79 Å². The molecule has 0 aliphatic heterocycles. The fraction of sp³-hybridized carbons (Fsp3) is 0.273. The van der Waals surface area contributed by atoms with Gasteiger partial charge in [0, 0.05) is 11.9 Å². The third-order valence-corrected chi connectivity index (χ3v) is 2.69. The Morgan fingerprint density at radius 2 is 1.94 bits per heavy atom. The Kier molecular flexibility index (Phi) is 3.55. The maximum absolute atomic E-state index is 11.0. The molecule has 1 rings (SSSR count). The molecule has 1 N–H and O–H groups in total. The topological polar surface area (TPSA) is 63.6 Å². The van der Waals surface area contributed by atoms with Crippen molar-refractivity contribution in [2.24, 2.45) is 0 Å². The molecule has 0 bridgehead atoms.